The molecular formula is C20H30O. The van der Waals surface area contributed by atoms with E-state index < -0.39 is 0 Å². The molecule has 0 saturated heterocycles. The number of hydrogen-bond donors (Lipinski definition) is 0. The maximum Gasteiger partial charge on any atom is 0.0934 e. The van der Waals surface area contributed by atoms with Gasteiger partial charge in [-0.1, -0.05) is 37.1 Å². The third kappa shape index (κ3) is 4.12. The van der Waals surface area contributed by atoms with Gasteiger partial charge in [-0.15, -0.1) is 0 Å². The number of furan rings is 1. The molecule has 1 aromatic heterocycles. The Hall–Kier alpha value is -1.24. The molecule has 21 heavy (non-hydrogen) atoms. The first-order valence-corrected chi connectivity index (χ1v) is 8.36. The van der Waals surface area contributed by atoms with Crippen LogP contribution in [0.3, 0.4) is 0 Å². The van der Waals surface area contributed by atoms with E-state index in [0.29, 0.717) is 5.41 Å². The van der Waals surface area contributed by atoms with E-state index in [1.807, 2.05) is 6.26 Å². The van der Waals surface area contributed by atoms with Gasteiger partial charge in [-0.05, 0) is 75.3 Å². The topological polar surface area (TPSA) is 13.1 Å². The van der Waals surface area contributed by atoms with Crippen LogP contribution in [0.1, 0.15) is 65.4 Å². The van der Waals surface area contributed by atoms with Crippen molar-refractivity contribution in [3.63, 3.8) is 0 Å². The minimum Gasteiger partial charge on any atom is -0.472 e. The molecule has 0 spiro atoms. The molecule has 1 aromatic rings. The molecule has 0 N–H and O–H groups in total. The van der Waals surface area contributed by atoms with Gasteiger partial charge in [0.05, 0.1) is 12.5 Å². The second kappa shape index (κ2) is 7.15. The summed E-state index contributed by atoms with van der Waals surface area (Å²) in [5.41, 5.74) is 4.83. The van der Waals surface area contributed by atoms with Gasteiger partial charge < -0.3 is 4.42 Å². The molecule has 0 amide bonds. The molecule has 0 radical (unpaired) electrons. The van der Waals surface area contributed by atoms with E-state index in [4.69, 9.17) is 4.42 Å². The Bertz CT molecular complexity index is 492. The van der Waals surface area contributed by atoms with E-state index in [2.05, 4.69) is 45.9 Å². The lowest BCUT2D eigenvalue weighted by atomic mass is 9.65. The smallest absolute Gasteiger partial charge is 0.0934 e. The Morgan fingerprint density at radius 3 is 2.95 bits per heavy atom. The summed E-state index contributed by atoms with van der Waals surface area (Å²) in [6.45, 7) is 9.49. The van der Waals surface area contributed by atoms with Crippen molar-refractivity contribution in [3.05, 3.63) is 47.5 Å². The SMILES string of the molecule is CC1=CCC[C@H](C)[C@]1(C)CC/C(C)=C/CCc1ccoc1. The third-order valence-electron chi connectivity index (χ3n) is 5.58. The van der Waals surface area contributed by atoms with Crippen molar-refractivity contribution >= 4 is 0 Å². The first-order chi connectivity index (χ1) is 10.0. The minimum atomic E-state index is 0.401. The van der Waals surface area contributed by atoms with Crippen molar-refractivity contribution in [2.75, 3.05) is 0 Å². The molecule has 0 bridgehead atoms. The zero-order valence-corrected chi connectivity index (χ0v) is 14.1. The van der Waals surface area contributed by atoms with E-state index >= 15 is 0 Å². The number of allylic oxidation sites excluding steroid dienone is 4. The molecule has 1 aliphatic carbocycles. The number of rotatable bonds is 6. The Kier molecular flexibility index (Phi) is 5.50. The van der Waals surface area contributed by atoms with Crippen LogP contribution in [0, 0.1) is 11.3 Å². The van der Waals surface area contributed by atoms with Crippen LogP contribution in [0.25, 0.3) is 0 Å². The van der Waals surface area contributed by atoms with Gasteiger partial charge in [-0.2, -0.15) is 0 Å². The van der Waals surface area contributed by atoms with Gasteiger partial charge in [0.2, 0.25) is 0 Å². The molecule has 2 rings (SSSR count). The van der Waals surface area contributed by atoms with Gasteiger partial charge in [-0.3, -0.25) is 0 Å². The fourth-order valence-corrected chi connectivity index (χ4v) is 3.41. The lowest BCUT2D eigenvalue weighted by Crippen LogP contribution is -2.29. The minimum absolute atomic E-state index is 0.401. The van der Waals surface area contributed by atoms with E-state index in [1.54, 1.807) is 11.8 Å². The molecule has 0 aliphatic heterocycles. The molecule has 0 unspecified atom stereocenters. The Morgan fingerprint density at radius 1 is 1.48 bits per heavy atom. The van der Waals surface area contributed by atoms with Gasteiger partial charge in [0.25, 0.3) is 0 Å². The van der Waals surface area contributed by atoms with E-state index in [0.717, 1.165) is 18.8 Å². The quantitative estimate of drug-likeness (QED) is 0.557. The molecule has 116 valence electrons. The Balaban J connectivity index is 1.83. The molecule has 1 heterocycles. The van der Waals surface area contributed by atoms with E-state index in [-0.39, 0.29) is 0 Å². The predicted molar refractivity (Wildman–Crippen MR) is 90.3 cm³/mol. The van der Waals surface area contributed by atoms with Gasteiger partial charge >= 0.3 is 0 Å². The second-order valence-electron chi connectivity index (χ2n) is 7.00. The third-order valence-corrected chi connectivity index (χ3v) is 5.58. The molecule has 0 aromatic carbocycles. The highest BCUT2D eigenvalue weighted by Crippen LogP contribution is 2.45. The van der Waals surface area contributed by atoms with Crippen molar-refractivity contribution in [2.24, 2.45) is 11.3 Å². The van der Waals surface area contributed by atoms with Crippen molar-refractivity contribution in [1.29, 1.82) is 0 Å². The summed E-state index contributed by atoms with van der Waals surface area (Å²) in [4.78, 5) is 0. The highest BCUT2D eigenvalue weighted by molar-refractivity contribution is 5.17. The molecule has 1 aliphatic rings. The van der Waals surface area contributed by atoms with Gasteiger partial charge in [0.15, 0.2) is 0 Å². The maximum atomic E-state index is 5.11. The fourth-order valence-electron chi connectivity index (χ4n) is 3.41. The van der Waals surface area contributed by atoms with Crippen LogP contribution in [0.4, 0.5) is 0 Å². The summed E-state index contributed by atoms with van der Waals surface area (Å²) in [6.07, 6.45) is 15.8. The molecule has 2 atom stereocenters. The molecule has 0 fully saturated rings. The van der Waals surface area contributed by atoms with Crippen LogP contribution in [-0.2, 0) is 6.42 Å². The first-order valence-electron chi connectivity index (χ1n) is 8.36. The number of aryl methyl sites for hydroxylation is 1. The van der Waals surface area contributed by atoms with Crippen LogP contribution in [-0.4, -0.2) is 0 Å². The lowest BCUT2D eigenvalue weighted by molar-refractivity contribution is 0.211. The highest BCUT2D eigenvalue weighted by atomic mass is 16.3. The van der Waals surface area contributed by atoms with Crippen molar-refractivity contribution in [2.45, 2.75) is 66.2 Å². The van der Waals surface area contributed by atoms with E-state index in [1.165, 1.54) is 36.8 Å². The second-order valence-corrected chi connectivity index (χ2v) is 7.00. The van der Waals surface area contributed by atoms with Crippen LogP contribution in [0.5, 0.6) is 0 Å². The van der Waals surface area contributed by atoms with Crippen LogP contribution >= 0.6 is 0 Å². The Labute approximate surface area is 130 Å². The molecule has 1 heteroatoms. The van der Waals surface area contributed by atoms with Crippen LogP contribution < -0.4 is 0 Å². The monoisotopic (exact) mass is 286 g/mol. The lowest BCUT2D eigenvalue weighted by Gasteiger charge is -2.40. The van der Waals surface area contributed by atoms with Gasteiger partial charge in [0.1, 0.15) is 0 Å². The summed E-state index contributed by atoms with van der Waals surface area (Å²) in [5.74, 6) is 0.807. The molecule has 1 nitrogen and oxygen atoms in total. The molecule has 0 saturated carbocycles. The van der Waals surface area contributed by atoms with Crippen molar-refractivity contribution in [1.82, 2.24) is 0 Å². The van der Waals surface area contributed by atoms with Gasteiger partial charge in [0, 0.05) is 0 Å². The first kappa shape index (κ1) is 16.1. The average Bonchev–Trinajstić information content (AvgIpc) is 2.96. The maximum absolute atomic E-state index is 5.11. The summed E-state index contributed by atoms with van der Waals surface area (Å²) in [7, 11) is 0. The normalized spacial score (nSPS) is 26.8. The zero-order chi connectivity index (χ0) is 15.3. The predicted octanol–water partition coefficient (Wildman–Crippen LogP) is 6.32. The van der Waals surface area contributed by atoms with Crippen LogP contribution in [0.2, 0.25) is 0 Å². The summed E-state index contributed by atoms with van der Waals surface area (Å²) in [5, 5.41) is 0. The Morgan fingerprint density at radius 2 is 2.29 bits per heavy atom. The fraction of sp³-hybridized carbons (Fsp3) is 0.600. The van der Waals surface area contributed by atoms with Crippen LogP contribution in [0.15, 0.2) is 46.3 Å². The average molecular weight is 286 g/mol. The number of hydrogen-bond acceptors (Lipinski definition) is 1. The zero-order valence-electron chi connectivity index (χ0n) is 14.1. The summed E-state index contributed by atoms with van der Waals surface area (Å²) >= 11 is 0. The van der Waals surface area contributed by atoms with E-state index in [9.17, 15) is 0 Å². The van der Waals surface area contributed by atoms with Crippen molar-refractivity contribution < 1.29 is 4.42 Å². The largest absolute Gasteiger partial charge is 0.472 e. The van der Waals surface area contributed by atoms with Gasteiger partial charge in [-0.25, -0.2) is 0 Å². The van der Waals surface area contributed by atoms with Crippen molar-refractivity contribution in [3.8, 4) is 0 Å². The standard InChI is InChI=1S/C20H30O/c1-16(7-5-10-19-12-14-21-15-19)11-13-20(4)17(2)8-6-9-18(20)3/h7-8,12,14-15,18H,5-6,9-11,13H2,1-4H3/b16-7+/t18-,20+/m0/s1. The highest BCUT2D eigenvalue weighted by Gasteiger charge is 2.34. The molecular weight excluding hydrogens is 256 g/mol. The summed E-state index contributed by atoms with van der Waals surface area (Å²) < 4.78 is 5.11. The summed E-state index contributed by atoms with van der Waals surface area (Å²) in [6, 6.07) is 2.06.